The Labute approximate surface area is 338 Å². The molecular formula is C43H57N3O12. The van der Waals surface area contributed by atoms with Crippen LogP contribution >= 0.6 is 0 Å². The van der Waals surface area contributed by atoms with Gasteiger partial charge in [-0.2, -0.15) is 5.10 Å². The van der Waals surface area contributed by atoms with Crippen molar-refractivity contribution in [1.29, 1.82) is 0 Å². The topological polar surface area (TPSA) is 217 Å². The van der Waals surface area contributed by atoms with E-state index in [2.05, 4.69) is 10.4 Å². The number of methoxy groups -OCH3 is 1. The molecule has 1 fully saturated rings. The molecule has 0 aliphatic carbocycles. The summed E-state index contributed by atoms with van der Waals surface area (Å²) in [6.45, 7) is 13.8. The molecule has 5 bridgehead atoms. The fourth-order valence-corrected chi connectivity index (χ4v) is 8.00. The number of nitrogens with one attached hydrogen (secondary N) is 1. The van der Waals surface area contributed by atoms with Crippen molar-refractivity contribution in [1.82, 2.24) is 5.01 Å². The Morgan fingerprint density at radius 2 is 1.62 bits per heavy atom. The van der Waals surface area contributed by atoms with Crippen molar-refractivity contribution in [2.75, 3.05) is 25.5 Å². The Morgan fingerprint density at radius 3 is 2.26 bits per heavy atom. The van der Waals surface area contributed by atoms with Crippen LogP contribution in [0.15, 0.2) is 41.2 Å². The van der Waals surface area contributed by atoms with Crippen molar-refractivity contribution >= 4 is 40.3 Å². The van der Waals surface area contributed by atoms with Gasteiger partial charge in [-0.05, 0) is 39.2 Å². The van der Waals surface area contributed by atoms with E-state index < -0.39 is 88.8 Å². The molecule has 4 heterocycles. The Balaban J connectivity index is 1.71. The van der Waals surface area contributed by atoms with Gasteiger partial charge in [0, 0.05) is 74.2 Å². The van der Waals surface area contributed by atoms with Gasteiger partial charge in [-0.1, -0.05) is 45.9 Å². The average molecular weight is 808 g/mol. The van der Waals surface area contributed by atoms with Crippen LogP contribution in [0.25, 0.3) is 10.8 Å². The highest BCUT2D eigenvalue weighted by Crippen LogP contribution is 2.55. The molecule has 0 aromatic heterocycles. The number of carbonyl (C=O) groups is 3. The normalized spacial score (nSPS) is 30.1. The second-order valence-electron chi connectivity index (χ2n) is 15.9. The molecule has 4 aliphatic heterocycles. The van der Waals surface area contributed by atoms with Gasteiger partial charge < -0.3 is 49.8 Å². The third-order valence-electron chi connectivity index (χ3n) is 11.7. The van der Waals surface area contributed by atoms with Gasteiger partial charge in [-0.25, -0.2) is 0 Å². The summed E-state index contributed by atoms with van der Waals surface area (Å²) < 4.78 is 23.6. The molecule has 0 radical (unpaired) electrons. The van der Waals surface area contributed by atoms with Crippen LogP contribution in [0.4, 0.5) is 5.69 Å². The second kappa shape index (κ2) is 17.8. The number of allylic oxidation sites excluding steroid dienone is 2. The van der Waals surface area contributed by atoms with E-state index in [-0.39, 0.29) is 44.5 Å². The van der Waals surface area contributed by atoms with Crippen LogP contribution in [-0.2, 0) is 23.8 Å². The number of rotatable bonds is 4. The number of hydrazone groups is 1. The minimum Gasteiger partial charge on any atom is -0.507 e. The summed E-state index contributed by atoms with van der Waals surface area (Å²) in [4.78, 5) is 40.4. The van der Waals surface area contributed by atoms with Crippen LogP contribution in [0.2, 0.25) is 0 Å². The fraction of sp³-hybridized carbons (Fsp3) is 0.535. The number of esters is 1. The molecular weight excluding hydrogens is 750 g/mol. The molecule has 9 atom stereocenters. The van der Waals surface area contributed by atoms with Gasteiger partial charge in [0.05, 0.1) is 53.0 Å². The predicted octanol–water partition coefficient (Wildman–Crippen LogP) is 5.57. The summed E-state index contributed by atoms with van der Waals surface area (Å²) in [7, 11) is 1.44. The number of phenols is 3. The summed E-state index contributed by atoms with van der Waals surface area (Å²) >= 11 is 0. The zero-order valence-corrected chi connectivity index (χ0v) is 34.6. The molecule has 58 heavy (non-hydrogen) atoms. The third kappa shape index (κ3) is 8.52. The average Bonchev–Trinajstić information content (AvgIpc) is 3.46. The number of Topliss-reactive ketones (excluding diaryl/α,β-unsaturated/α-hetero) is 1. The van der Waals surface area contributed by atoms with Crippen molar-refractivity contribution in [3.8, 4) is 23.0 Å². The largest absolute Gasteiger partial charge is 0.507 e. The lowest BCUT2D eigenvalue weighted by atomic mass is 9.78. The molecule has 9 unspecified atom stereocenters. The maximum Gasteiger partial charge on any atom is 0.312 e. The molecule has 0 spiro atoms. The zero-order chi connectivity index (χ0) is 42.8. The van der Waals surface area contributed by atoms with Crippen LogP contribution in [0.1, 0.15) is 89.2 Å². The number of aromatic hydroxyl groups is 3. The maximum absolute atomic E-state index is 14.4. The van der Waals surface area contributed by atoms with Gasteiger partial charge in [-0.3, -0.25) is 19.4 Å². The van der Waals surface area contributed by atoms with Crippen LogP contribution in [0, 0.1) is 30.6 Å². The molecule has 1 amide bonds. The summed E-state index contributed by atoms with van der Waals surface area (Å²) in [5.41, 5.74) is -0.303. The van der Waals surface area contributed by atoms with E-state index in [9.17, 15) is 39.9 Å². The Bertz CT molecular complexity index is 2040. The minimum absolute atomic E-state index is 0.0614. The van der Waals surface area contributed by atoms with Crippen LogP contribution in [-0.4, -0.2) is 105 Å². The minimum atomic E-state index is -2.03. The lowest BCUT2D eigenvalue weighted by Gasteiger charge is -2.38. The van der Waals surface area contributed by atoms with E-state index in [0.29, 0.717) is 13.1 Å². The Morgan fingerprint density at radius 1 is 0.948 bits per heavy atom. The number of anilines is 1. The summed E-state index contributed by atoms with van der Waals surface area (Å²) in [6.07, 6.45) is 7.74. The molecule has 4 aliphatic rings. The number of aliphatic hydroxyl groups excluding tert-OH is 2. The highest BCUT2D eigenvalue weighted by molar-refractivity contribution is 6.23. The first kappa shape index (κ1) is 44.0. The second-order valence-corrected chi connectivity index (χ2v) is 15.9. The smallest absolute Gasteiger partial charge is 0.312 e. The number of fused-ring (bicyclic) bond motifs is 14. The highest BCUT2D eigenvalue weighted by atomic mass is 16.7. The van der Waals surface area contributed by atoms with E-state index in [1.807, 2.05) is 0 Å². The van der Waals surface area contributed by atoms with Crippen LogP contribution < -0.4 is 10.1 Å². The molecule has 1 saturated heterocycles. The number of carbonyl (C=O) groups excluding carboxylic acids is 3. The first-order valence-corrected chi connectivity index (χ1v) is 19.7. The number of benzene rings is 2. The quantitative estimate of drug-likeness (QED) is 0.0965. The van der Waals surface area contributed by atoms with E-state index in [1.54, 1.807) is 44.9 Å². The number of aliphatic hydroxyl groups is 2. The molecule has 6 rings (SSSR count). The van der Waals surface area contributed by atoms with Crippen molar-refractivity contribution in [2.45, 2.75) is 105 Å². The predicted molar refractivity (Wildman–Crippen MR) is 217 cm³/mol. The summed E-state index contributed by atoms with van der Waals surface area (Å²) in [6, 6.07) is 0. The number of amides is 1. The van der Waals surface area contributed by atoms with Gasteiger partial charge in [0.25, 0.3) is 11.7 Å². The van der Waals surface area contributed by atoms with E-state index in [0.717, 1.165) is 19.3 Å². The molecule has 6 N–H and O–H groups in total. The number of hydrogen-bond donors (Lipinski definition) is 6. The highest BCUT2D eigenvalue weighted by Gasteiger charge is 2.50. The van der Waals surface area contributed by atoms with Gasteiger partial charge in [-0.15, -0.1) is 0 Å². The zero-order valence-electron chi connectivity index (χ0n) is 34.6. The molecule has 316 valence electrons. The lowest BCUT2D eigenvalue weighted by molar-refractivity contribution is -0.160. The third-order valence-corrected chi connectivity index (χ3v) is 11.7. The fourth-order valence-electron chi connectivity index (χ4n) is 8.00. The first-order chi connectivity index (χ1) is 27.3. The van der Waals surface area contributed by atoms with Gasteiger partial charge in [0.1, 0.15) is 23.4 Å². The number of ether oxygens (including phenoxy) is 4. The van der Waals surface area contributed by atoms with Gasteiger partial charge >= 0.3 is 11.8 Å². The number of ketones is 1. The summed E-state index contributed by atoms with van der Waals surface area (Å²) in [5.74, 6) is -8.27. The molecule has 15 heteroatoms. The lowest BCUT2D eigenvalue weighted by Crippen LogP contribution is -2.46. The number of nitrogens with zero attached hydrogens (tertiary/aromatic N) is 2. The SMILES string of the molecule is COC1C=COC2(C)Oc3c(C)c(O)c4c(O)c(c(C=NN5CCCCC5)c(O)c4c3C2=O)NC(=O)C(C)=CC=CC(C)C(O)C(C)C(O)C(C)C(OC(C)=O)C1C. The number of phenolic OH excluding ortho intramolecular Hbond substituents is 3. The van der Waals surface area contributed by atoms with Crippen molar-refractivity contribution in [3.63, 3.8) is 0 Å². The van der Waals surface area contributed by atoms with E-state index in [1.165, 1.54) is 59.4 Å². The Kier molecular flexibility index (Phi) is 13.5. The van der Waals surface area contributed by atoms with Crippen molar-refractivity contribution in [2.24, 2.45) is 28.8 Å². The van der Waals surface area contributed by atoms with E-state index >= 15 is 0 Å². The molecule has 0 saturated carbocycles. The Hall–Kier alpha value is -5.12. The summed E-state index contributed by atoms with van der Waals surface area (Å²) in [5, 5.41) is 66.8. The maximum atomic E-state index is 14.4. The standard InChI is InChI=1S/C43H57N3O12/c1-21-14-13-15-22(2)42(54)45-33-28(20-44-46-17-11-10-12-18-46)37(51)30-31(38(33)52)36(50)26(6)40-32(30)41(53)43(8,58-40)56-19-16-29(55-9)23(3)39(57-27(7)47)25(5)35(49)24(4)34(21)48/h13-16,19-21,23-25,29,34-35,39,48-52H,10-12,17-18H2,1-9H3,(H,45,54). The van der Waals surface area contributed by atoms with Gasteiger partial charge in [0.2, 0.25) is 0 Å². The monoisotopic (exact) mass is 807 g/mol. The molecule has 2 aromatic carbocycles. The number of hydrogen-bond acceptors (Lipinski definition) is 14. The first-order valence-electron chi connectivity index (χ1n) is 19.7. The number of piperidine rings is 1. The van der Waals surface area contributed by atoms with Gasteiger partial charge in [0.15, 0.2) is 5.75 Å². The molecule has 15 nitrogen and oxygen atoms in total. The van der Waals surface area contributed by atoms with Crippen molar-refractivity contribution < 1.29 is 58.9 Å². The van der Waals surface area contributed by atoms with Crippen LogP contribution in [0.5, 0.6) is 23.0 Å². The van der Waals surface area contributed by atoms with E-state index in [4.69, 9.17) is 18.9 Å². The van der Waals surface area contributed by atoms with Crippen molar-refractivity contribution in [3.05, 3.63) is 52.8 Å². The van der Waals surface area contributed by atoms with Crippen LogP contribution in [0.3, 0.4) is 0 Å². The molecule has 2 aromatic rings.